The molecule has 128 valence electrons. The molecule has 0 bridgehead atoms. The Bertz CT molecular complexity index is 1100. The molecule has 0 amide bonds. The van der Waals surface area contributed by atoms with Crippen molar-refractivity contribution in [1.82, 2.24) is 15.2 Å². The van der Waals surface area contributed by atoms with E-state index in [4.69, 9.17) is 14.5 Å². The van der Waals surface area contributed by atoms with Gasteiger partial charge in [0.15, 0.2) is 5.82 Å². The molecule has 2 aromatic heterocycles. The normalized spacial score (nSPS) is 13.5. The molecule has 1 aliphatic heterocycles. The molecule has 6 nitrogen and oxygen atoms in total. The summed E-state index contributed by atoms with van der Waals surface area (Å²) in [6, 6.07) is 18.3. The quantitative estimate of drug-likeness (QED) is 0.608. The first-order valence-corrected chi connectivity index (χ1v) is 8.38. The molecule has 0 radical (unpaired) electrons. The summed E-state index contributed by atoms with van der Waals surface area (Å²) in [5.41, 5.74) is 2.85. The highest BCUT2D eigenvalue weighted by atomic mass is 16.7. The second-order valence-electron chi connectivity index (χ2n) is 6.06. The van der Waals surface area contributed by atoms with Crippen LogP contribution in [-0.4, -0.2) is 22.0 Å². The Hall–Kier alpha value is -3.54. The largest absolute Gasteiger partial charge is 0.459 e. The molecule has 26 heavy (non-hydrogen) atoms. The third-order valence-corrected chi connectivity index (χ3v) is 4.44. The van der Waals surface area contributed by atoms with Crippen LogP contribution in [0.2, 0.25) is 0 Å². The van der Waals surface area contributed by atoms with Crippen molar-refractivity contribution < 1.29 is 9.47 Å². The van der Waals surface area contributed by atoms with Crippen molar-refractivity contribution >= 4 is 27.6 Å². The number of pyridine rings is 1. The first kappa shape index (κ1) is 14.8. The molecule has 1 N–H and O–H groups in total. The van der Waals surface area contributed by atoms with Crippen LogP contribution in [0, 0.1) is 0 Å². The maximum atomic E-state index is 5.67. The van der Waals surface area contributed by atoms with Gasteiger partial charge in [-0.15, -0.1) is 0 Å². The molecular weight excluding hydrogens is 328 g/mol. The van der Waals surface area contributed by atoms with Crippen LogP contribution in [-0.2, 0) is 16.0 Å². The minimum atomic E-state index is 0.206. The van der Waals surface area contributed by atoms with E-state index in [0.717, 1.165) is 33.2 Å². The van der Waals surface area contributed by atoms with E-state index in [1.54, 1.807) is 6.26 Å². The van der Waals surface area contributed by atoms with Gasteiger partial charge in [-0.05, 0) is 11.6 Å². The van der Waals surface area contributed by atoms with Gasteiger partial charge in [0.2, 0.25) is 12.7 Å². The van der Waals surface area contributed by atoms with Gasteiger partial charge < -0.3 is 9.47 Å². The number of anilines is 1. The molecule has 0 aliphatic carbocycles. The summed E-state index contributed by atoms with van der Waals surface area (Å²) >= 11 is 0. The summed E-state index contributed by atoms with van der Waals surface area (Å²) < 4.78 is 11.0. The van der Waals surface area contributed by atoms with Crippen LogP contribution in [0.15, 0.2) is 72.9 Å². The number of rotatable bonds is 4. The molecule has 0 saturated carbocycles. The average molecular weight is 344 g/mol. The van der Waals surface area contributed by atoms with Crippen molar-refractivity contribution in [2.45, 2.75) is 6.54 Å². The van der Waals surface area contributed by atoms with Crippen LogP contribution in [0.4, 0.5) is 5.82 Å². The van der Waals surface area contributed by atoms with Crippen LogP contribution in [0.25, 0.3) is 21.8 Å². The Morgan fingerprint density at radius 3 is 2.69 bits per heavy atom. The first-order chi connectivity index (χ1) is 12.9. The Kier molecular flexibility index (Phi) is 3.45. The number of aromatic amines is 1. The van der Waals surface area contributed by atoms with Crippen molar-refractivity contribution in [3.8, 4) is 0 Å². The third kappa shape index (κ3) is 2.43. The van der Waals surface area contributed by atoms with E-state index in [0.29, 0.717) is 12.4 Å². The number of ether oxygens (including phenoxy) is 2. The van der Waals surface area contributed by atoms with Gasteiger partial charge in [-0.1, -0.05) is 48.5 Å². The molecule has 3 heterocycles. The highest BCUT2D eigenvalue weighted by Crippen LogP contribution is 2.33. The van der Waals surface area contributed by atoms with E-state index in [1.165, 1.54) is 0 Å². The van der Waals surface area contributed by atoms with Crippen LogP contribution < -0.4 is 4.90 Å². The second-order valence-corrected chi connectivity index (χ2v) is 6.06. The number of nitrogens with one attached hydrogen (secondary N) is 1. The SMILES string of the molecule is C1=C(N(Cc2ccccc2)c2nc3ccccc3c3c[nH]nc23)OCO1. The third-order valence-electron chi connectivity index (χ3n) is 4.44. The number of benzene rings is 2. The van der Waals surface area contributed by atoms with Crippen molar-refractivity contribution in [2.24, 2.45) is 0 Å². The van der Waals surface area contributed by atoms with E-state index in [1.807, 2.05) is 47.5 Å². The molecule has 4 aromatic rings. The number of fused-ring (bicyclic) bond motifs is 3. The Morgan fingerprint density at radius 2 is 1.85 bits per heavy atom. The van der Waals surface area contributed by atoms with Crippen LogP contribution in [0.5, 0.6) is 0 Å². The molecular formula is C20H16N4O2. The lowest BCUT2D eigenvalue weighted by Crippen LogP contribution is -2.23. The zero-order valence-electron chi connectivity index (χ0n) is 13.9. The summed E-state index contributed by atoms with van der Waals surface area (Å²) in [7, 11) is 0. The minimum absolute atomic E-state index is 0.206. The van der Waals surface area contributed by atoms with E-state index in [2.05, 4.69) is 28.4 Å². The van der Waals surface area contributed by atoms with Gasteiger partial charge >= 0.3 is 0 Å². The van der Waals surface area contributed by atoms with Crippen LogP contribution in [0.1, 0.15) is 5.56 Å². The van der Waals surface area contributed by atoms with E-state index >= 15 is 0 Å². The maximum Gasteiger partial charge on any atom is 0.234 e. The maximum absolute atomic E-state index is 5.67. The summed E-state index contributed by atoms with van der Waals surface area (Å²) in [5.74, 6) is 1.36. The van der Waals surface area contributed by atoms with Crippen LogP contribution in [0.3, 0.4) is 0 Å². The molecule has 0 unspecified atom stereocenters. The smallest absolute Gasteiger partial charge is 0.234 e. The fourth-order valence-corrected chi connectivity index (χ4v) is 3.22. The molecule has 0 saturated heterocycles. The van der Waals surface area contributed by atoms with Gasteiger partial charge in [0.1, 0.15) is 11.8 Å². The second kappa shape index (κ2) is 6.07. The summed E-state index contributed by atoms with van der Waals surface area (Å²) in [5, 5.41) is 9.52. The van der Waals surface area contributed by atoms with Gasteiger partial charge in [0, 0.05) is 17.0 Å². The number of aromatic nitrogens is 3. The summed E-state index contributed by atoms with van der Waals surface area (Å²) in [6.07, 6.45) is 3.53. The lowest BCUT2D eigenvalue weighted by molar-refractivity contribution is 0.0782. The Balaban J connectivity index is 1.71. The minimum Gasteiger partial charge on any atom is -0.459 e. The van der Waals surface area contributed by atoms with E-state index in [9.17, 15) is 0 Å². The van der Waals surface area contributed by atoms with Crippen molar-refractivity contribution in [3.05, 3.63) is 78.5 Å². The summed E-state index contributed by atoms with van der Waals surface area (Å²) in [4.78, 5) is 6.88. The molecule has 0 spiro atoms. The van der Waals surface area contributed by atoms with E-state index in [-0.39, 0.29) is 6.79 Å². The molecule has 2 aromatic carbocycles. The van der Waals surface area contributed by atoms with E-state index < -0.39 is 0 Å². The monoisotopic (exact) mass is 344 g/mol. The van der Waals surface area contributed by atoms with Gasteiger partial charge in [-0.3, -0.25) is 10.00 Å². The number of hydrogen-bond acceptors (Lipinski definition) is 5. The average Bonchev–Trinajstić information content (AvgIpc) is 3.38. The first-order valence-electron chi connectivity index (χ1n) is 8.38. The highest BCUT2D eigenvalue weighted by molar-refractivity contribution is 6.08. The predicted molar refractivity (Wildman–Crippen MR) is 99.1 cm³/mol. The molecule has 6 heteroatoms. The molecule has 0 atom stereocenters. The van der Waals surface area contributed by atoms with Gasteiger partial charge in [-0.25, -0.2) is 4.98 Å². The van der Waals surface area contributed by atoms with Crippen molar-refractivity contribution in [1.29, 1.82) is 0 Å². The van der Waals surface area contributed by atoms with Gasteiger partial charge in [0.25, 0.3) is 0 Å². The van der Waals surface area contributed by atoms with Crippen molar-refractivity contribution in [3.63, 3.8) is 0 Å². The Labute approximate surface area is 149 Å². The fourth-order valence-electron chi connectivity index (χ4n) is 3.22. The van der Waals surface area contributed by atoms with Crippen LogP contribution >= 0.6 is 0 Å². The topological polar surface area (TPSA) is 63.3 Å². The lowest BCUT2D eigenvalue weighted by Gasteiger charge is -2.23. The molecule has 1 aliphatic rings. The number of H-pyrrole nitrogens is 1. The number of para-hydroxylation sites is 1. The van der Waals surface area contributed by atoms with Crippen molar-refractivity contribution in [2.75, 3.05) is 11.7 Å². The van der Waals surface area contributed by atoms with Gasteiger partial charge in [-0.2, -0.15) is 5.10 Å². The standard InChI is InChI=1S/C20H16N4O2/c1-2-6-14(7-3-1)11-24(18-12-25-13-26-18)20-19-16(10-21-23-19)15-8-4-5-9-17(15)22-20/h1-10,12H,11,13H2,(H,21,23). The lowest BCUT2D eigenvalue weighted by atomic mass is 10.1. The number of nitrogens with zero attached hydrogens (tertiary/aromatic N) is 3. The molecule has 0 fully saturated rings. The Morgan fingerprint density at radius 1 is 1.00 bits per heavy atom. The van der Waals surface area contributed by atoms with Gasteiger partial charge in [0.05, 0.1) is 12.1 Å². The predicted octanol–water partition coefficient (Wildman–Crippen LogP) is 3.92. The molecule has 5 rings (SSSR count). The zero-order chi connectivity index (χ0) is 17.3. The fraction of sp³-hybridized carbons (Fsp3) is 0.100. The highest BCUT2D eigenvalue weighted by Gasteiger charge is 2.23. The number of hydrogen-bond donors (Lipinski definition) is 1. The zero-order valence-corrected chi connectivity index (χ0v) is 13.9. The summed E-state index contributed by atoms with van der Waals surface area (Å²) in [6.45, 7) is 0.807.